The molecule has 6 nitrogen and oxygen atoms in total. The molecule has 0 amide bonds. The van der Waals surface area contributed by atoms with Crippen molar-refractivity contribution >= 4 is 5.82 Å². The minimum Gasteiger partial charge on any atom is -0.467 e. The standard InChI is InChI=1S/C23H21F4N3O3/c1-31-22-29-19(15-3-2-4-17(11-15)33-21-8-10-32-21)13-20(30-22)28-9-7-14-5-6-16(12-18(14)24)23(25,26)27/h2-6,11-13,21H,7-10H2,1H3,(H,28,29,30). The van der Waals surface area contributed by atoms with E-state index < -0.39 is 17.6 Å². The fraction of sp³-hybridized carbons (Fsp3) is 0.304. The molecule has 1 aromatic heterocycles. The number of hydrogen-bond donors (Lipinski definition) is 1. The molecule has 174 valence electrons. The van der Waals surface area contributed by atoms with Gasteiger partial charge in [0.25, 0.3) is 0 Å². The summed E-state index contributed by atoms with van der Waals surface area (Å²) in [6, 6.07) is 11.7. The van der Waals surface area contributed by atoms with Gasteiger partial charge in [-0.15, -0.1) is 0 Å². The first kappa shape index (κ1) is 22.8. The van der Waals surface area contributed by atoms with Gasteiger partial charge in [0.15, 0.2) is 0 Å². The third-order valence-corrected chi connectivity index (χ3v) is 5.02. The van der Waals surface area contributed by atoms with Crippen molar-refractivity contribution in [2.75, 3.05) is 25.6 Å². The second-order valence-electron chi connectivity index (χ2n) is 7.34. The fourth-order valence-corrected chi connectivity index (χ4v) is 3.19. The van der Waals surface area contributed by atoms with E-state index in [0.717, 1.165) is 24.1 Å². The summed E-state index contributed by atoms with van der Waals surface area (Å²) in [5.74, 6) is 0.166. The highest BCUT2D eigenvalue weighted by Gasteiger charge is 2.31. The lowest BCUT2D eigenvalue weighted by Gasteiger charge is -2.26. The molecule has 2 heterocycles. The van der Waals surface area contributed by atoms with Crippen molar-refractivity contribution < 1.29 is 31.8 Å². The molecule has 2 aromatic carbocycles. The molecule has 1 fully saturated rings. The minimum atomic E-state index is -4.58. The minimum absolute atomic E-state index is 0.129. The van der Waals surface area contributed by atoms with Gasteiger partial charge in [0.05, 0.1) is 25.0 Å². The van der Waals surface area contributed by atoms with Crippen molar-refractivity contribution in [3.8, 4) is 23.0 Å². The number of nitrogens with zero attached hydrogens (tertiary/aromatic N) is 2. The highest BCUT2D eigenvalue weighted by molar-refractivity contribution is 5.64. The molecule has 33 heavy (non-hydrogen) atoms. The average molecular weight is 463 g/mol. The summed E-state index contributed by atoms with van der Waals surface area (Å²) in [7, 11) is 1.44. The Hall–Kier alpha value is -3.40. The maximum atomic E-state index is 14.1. The molecular formula is C23H21F4N3O3. The zero-order valence-electron chi connectivity index (χ0n) is 17.7. The Balaban J connectivity index is 1.46. The van der Waals surface area contributed by atoms with Gasteiger partial charge in [-0.2, -0.15) is 23.1 Å². The van der Waals surface area contributed by atoms with Crippen LogP contribution in [0.2, 0.25) is 0 Å². The van der Waals surface area contributed by atoms with Crippen molar-refractivity contribution in [1.29, 1.82) is 0 Å². The molecule has 1 aliphatic rings. The van der Waals surface area contributed by atoms with Crippen molar-refractivity contribution in [3.63, 3.8) is 0 Å². The lowest BCUT2D eigenvalue weighted by Crippen LogP contribution is -2.32. The number of hydrogen-bond acceptors (Lipinski definition) is 6. The molecule has 1 N–H and O–H groups in total. The predicted molar refractivity (Wildman–Crippen MR) is 113 cm³/mol. The van der Waals surface area contributed by atoms with Crippen molar-refractivity contribution in [2.24, 2.45) is 0 Å². The molecule has 0 bridgehead atoms. The van der Waals surface area contributed by atoms with Crippen LogP contribution in [0, 0.1) is 5.82 Å². The molecule has 1 aliphatic heterocycles. The Morgan fingerprint density at radius 3 is 2.61 bits per heavy atom. The lowest BCUT2D eigenvalue weighted by atomic mass is 10.1. The molecule has 10 heteroatoms. The van der Waals surface area contributed by atoms with Crippen LogP contribution < -0.4 is 14.8 Å². The normalized spacial score (nSPS) is 15.6. The van der Waals surface area contributed by atoms with Gasteiger partial charge in [-0.25, -0.2) is 4.39 Å². The van der Waals surface area contributed by atoms with Gasteiger partial charge >= 0.3 is 12.2 Å². The third kappa shape index (κ3) is 5.70. The lowest BCUT2D eigenvalue weighted by molar-refractivity contribution is -0.165. The molecule has 1 atom stereocenters. The topological polar surface area (TPSA) is 65.5 Å². The predicted octanol–water partition coefficient (Wildman–Crippen LogP) is 5.09. The molecule has 0 spiro atoms. The first-order valence-corrected chi connectivity index (χ1v) is 10.2. The number of alkyl halides is 3. The van der Waals surface area contributed by atoms with Crippen LogP contribution in [0.25, 0.3) is 11.3 Å². The van der Waals surface area contributed by atoms with E-state index in [0.29, 0.717) is 29.9 Å². The van der Waals surface area contributed by atoms with E-state index in [1.54, 1.807) is 6.07 Å². The summed E-state index contributed by atoms with van der Waals surface area (Å²) in [5, 5.41) is 3.04. The van der Waals surface area contributed by atoms with E-state index in [4.69, 9.17) is 14.2 Å². The molecule has 0 saturated carbocycles. The Labute approximate surface area is 187 Å². The van der Waals surface area contributed by atoms with E-state index in [1.807, 2.05) is 24.3 Å². The van der Waals surface area contributed by atoms with Gasteiger partial charge in [0.2, 0.25) is 6.29 Å². The first-order chi connectivity index (χ1) is 15.8. The summed E-state index contributed by atoms with van der Waals surface area (Å²) in [4.78, 5) is 8.60. The summed E-state index contributed by atoms with van der Waals surface area (Å²) >= 11 is 0. The number of aromatic nitrogens is 2. The zero-order chi connectivity index (χ0) is 23.4. The van der Waals surface area contributed by atoms with Crippen molar-refractivity contribution in [3.05, 3.63) is 65.5 Å². The SMILES string of the molecule is COc1nc(NCCc2ccc(C(F)(F)F)cc2F)cc(-c2cccc(OC3CCO3)c2)n1. The van der Waals surface area contributed by atoms with Crippen LogP contribution in [0.4, 0.5) is 23.4 Å². The van der Waals surface area contributed by atoms with Crippen LogP contribution in [-0.2, 0) is 17.3 Å². The van der Waals surface area contributed by atoms with Crippen molar-refractivity contribution in [1.82, 2.24) is 9.97 Å². The Kier molecular flexibility index (Phi) is 6.64. The summed E-state index contributed by atoms with van der Waals surface area (Å²) < 4.78 is 68.4. The maximum Gasteiger partial charge on any atom is 0.416 e. The van der Waals surface area contributed by atoms with Crippen LogP contribution >= 0.6 is 0 Å². The number of halogens is 4. The first-order valence-electron chi connectivity index (χ1n) is 10.2. The third-order valence-electron chi connectivity index (χ3n) is 5.02. The van der Waals surface area contributed by atoms with E-state index >= 15 is 0 Å². The quantitative estimate of drug-likeness (QED) is 0.470. The Morgan fingerprint density at radius 1 is 1.12 bits per heavy atom. The number of ether oxygens (including phenoxy) is 3. The highest BCUT2D eigenvalue weighted by Crippen LogP contribution is 2.30. The number of anilines is 1. The van der Waals surface area contributed by atoms with Gasteiger partial charge in [-0.1, -0.05) is 18.2 Å². The number of methoxy groups -OCH3 is 1. The van der Waals surface area contributed by atoms with Crippen LogP contribution in [0.3, 0.4) is 0 Å². The maximum absolute atomic E-state index is 14.1. The molecule has 0 radical (unpaired) electrons. The highest BCUT2D eigenvalue weighted by atomic mass is 19.4. The number of nitrogens with one attached hydrogen (secondary N) is 1. The van der Waals surface area contributed by atoms with Gasteiger partial charge < -0.3 is 19.5 Å². The molecule has 3 aromatic rings. The number of rotatable bonds is 8. The van der Waals surface area contributed by atoms with Crippen LogP contribution in [0.5, 0.6) is 11.8 Å². The Morgan fingerprint density at radius 2 is 1.94 bits per heavy atom. The molecule has 4 rings (SSSR count). The van der Waals surface area contributed by atoms with Crippen LogP contribution in [0.15, 0.2) is 48.5 Å². The fourth-order valence-electron chi connectivity index (χ4n) is 3.19. The van der Waals surface area contributed by atoms with E-state index in [-0.39, 0.29) is 30.8 Å². The molecule has 0 aliphatic carbocycles. The van der Waals surface area contributed by atoms with Gasteiger partial charge in [-0.05, 0) is 36.2 Å². The summed E-state index contributed by atoms with van der Waals surface area (Å²) in [6.07, 6.45) is -3.84. The zero-order valence-corrected chi connectivity index (χ0v) is 17.7. The van der Waals surface area contributed by atoms with E-state index in [2.05, 4.69) is 15.3 Å². The Bertz CT molecular complexity index is 1120. The van der Waals surface area contributed by atoms with Crippen LogP contribution in [-0.4, -0.2) is 36.5 Å². The summed E-state index contributed by atoms with van der Waals surface area (Å²) in [5.41, 5.74) is 0.492. The largest absolute Gasteiger partial charge is 0.467 e. The summed E-state index contributed by atoms with van der Waals surface area (Å²) in [6.45, 7) is 0.920. The second-order valence-corrected chi connectivity index (χ2v) is 7.34. The smallest absolute Gasteiger partial charge is 0.416 e. The average Bonchev–Trinajstić information content (AvgIpc) is 2.76. The molecule has 1 unspecified atom stereocenters. The molecular weight excluding hydrogens is 442 g/mol. The monoisotopic (exact) mass is 463 g/mol. The van der Waals surface area contributed by atoms with E-state index in [1.165, 1.54) is 7.11 Å². The van der Waals surface area contributed by atoms with Gasteiger partial charge in [-0.3, -0.25) is 0 Å². The van der Waals surface area contributed by atoms with E-state index in [9.17, 15) is 17.6 Å². The van der Waals surface area contributed by atoms with Crippen molar-refractivity contribution in [2.45, 2.75) is 25.3 Å². The van der Waals surface area contributed by atoms with Gasteiger partial charge in [0.1, 0.15) is 17.4 Å². The van der Waals surface area contributed by atoms with Crippen LogP contribution in [0.1, 0.15) is 17.5 Å². The second kappa shape index (κ2) is 9.62. The van der Waals surface area contributed by atoms with Gasteiger partial charge in [0, 0.05) is 24.6 Å². The molecule has 1 saturated heterocycles. The number of benzene rings is 2.